The zero-order chi connectivity index (χ0) is 17.9. The number of tetrazole rings is 1. The van der Waals surface area contributed by atoms with Crippen LogP contribution in [0.2, 0.25) is 0 Å². The maximum Gasteiger partial charge on any atom is 0.167 e. The van der Waals surface area contributed by atoms with E-state index in [2.05, 4.69) is 76.6 Å². The largest absolute Gasteiger partial charge is 0.299 e. The summed E-state index contributed by atoms with van der Waals surface area (Å²) < 4.78 is 1.77. The summed E-state index contributed by atoms with van der Waals surface area (Å²) in [6, 6.07) is 11.0. The van der Waals surface area contributed by atoms with Gasteiger partial charge in [-0.3, -0.25) is 9.80 Å². The molecule has 2 aromatic rings. The fraction of sp³-hybridized carbons (Fsp3) is 0.632. The Morgan fingerprint density at radius 2 is 1.88 bits per heavy atom. The number of nitrogens with zero attached hydrogens (tertiary/aromatic N) is 6. The molecule has 1 aliphatic rings. The molecule has 0 N–H and O–H groups in total. The second kappa shape index (κ2) is 7.62. The lowest BCUT2D eigenvalue weighted by atomic mass is 9.79. The number of hydrogen-bond acceptors (Lipinski definition) is 5. The quantitative estimate of drug-likeness (QED) is 0.807. The molecular formula is C19H30N6. The molecule has 2 heterocycles. The number of piperidine rings is 1. The van der Waals surface area contributed by atoms with Crippen LogP contribution in [-0.2, 0) is 13.6 Å². The molecule has 1 fully saturated rings. The standard InChI is InChI=1S/C19H30N6/c1-16(18-20-21-22-24(18)4)23(3)15-19(2)10-12-25(13-11-19)14-17-8-6-5-7-9-17/h5-9,16H,10-15H2,1-4H3. The predicted octanol–water partition coefficient (Wildman–Crippen LogP) is 2.51. The smallest absolute Gasteiger partial charge is 0.167 e. The van der Waals surface area contributed by atoms with Crippen LogP contribution in [0, 0.1) is 5.41 Å². The van der Waals surface area contributed by atoms with Crippen molar-refractivity contribution in [3.63, 3.8) is 0 Å². The molecule has 25 heavy (non-hydrogen) atoms. The van der Waals surface area contributed by atoms with Gasteiger partial charge >= 0.3 is 0 Å². The Morgan fingerprint density at radius 1 is 1.20 bits per heavy atom. The molecule has 1 atom stereocenters. The Balaban J connectivity index is 1.53. The van der Waals surface area contributed by atoms with E-state index in [1.54, 1.807) is 4.68 Å². The summed E-state index contributed by atoms with van der Waals surface area (Å²) >= 11 is 0. The highest BCUT2D eigenvalue weighted by molar-refractivity contribution is 5.14. The number of rotatable bonds is 6. The minimum atomic E-state index is 0.221. The van der Waals surface area contributed by atoms with Gasteiger partial charge in [0, 0.05) is 20.1 Å². The summed E-state index contributed by atoms with van der Waals surface area (Å²) in [4.78, 5) is 4.96. The molecule has 1 aromatic heterocycles. The van der Waals surface area contributed by atoms with E-state index in [0.29, 0.717) is 5.41 Å². The minimum absolute atomic E-state index is 0.221. The van der Waals surface area contributed by atoms with Crippen LogP contribution in [0.5, 0.6) is 0 Å². The molecular weight excluding hydrogens is 312 g/mol. The molecule has 6 heteroatoms. The number of aryl methyl sites for hydroxylation is 1. The van der Waals surface area contributed by atoms with Crippen LogP contribution in [0.4, 0.5) is 0 Å². The number of likely N-dealkylation sites (tertiary alicyclic amines) is 1. The SMILES string of the molecule is CC(c1nnnn1C)N(C)CC1(C)CCN(Cc2ccccc2)CC1. The van der Waals surface area contributed by atoms with E-state index in [1.165, 1.54) is 31.5 Å². The molecule has 0 spiro atoms. The average Bonchev–Trinajstić information content (AvgIpc) is 3.03. The molecule has 1 unspecified atom stereocenters. The molecule has 0 saturated carbocycles. The predicted molar refractivity (Wildman–Crippen MR) is 98.9 cm³/mol. The van der Waals surface area contributed by atoms with Crippen LogP contribution in [-0.4, -0.2) is 56.7 Å². The molecule has 1 saturated heterocycles. The van der Waals surface area contributed by atoms with Gasteiger partial charge in [0.1, 0.15) is 0 Å². The van der Waals surface area contributed by atoms with Gasteiger partial charge in [-0.2, -0.15) is 0 Å². The molecule has 6 nitrogen and oxygen atoms in total. The first kappa shape index (κ1) is 18.0. The van der Waals surface area contributed by atoms with Crippen molar-refractivity contribution in [2.75, 3.05) is 26.7 Å². The van der Waals surface area contributed by atoms with Gasteiger partial charge in [0.25, 0.3) is 0 Å². The topological polar surface area (TPSA) is 50.1 Å². The first-order chi connectivity index (χ1) is 12.0. The van der Waals surface area contributed by atoms with Gasteiger partial charge in [0.05, 0.1) is 6.04 Å². The van der Waals surface area contributed by atoms with Crippen molar-refractivity contribution >= 4 is 0 Å². The van der Waals surface area contributed by atoms with Crippen molar-refractivity contribution in [2.45, 2.75) is 39.3 Å². The summed E-state index contributed by atoms with van der Waals surface area (Å²) in [6.07, 6.45) is 2.46. The molecule has 0 amide bonds. The Bertz CT molecular complexity index is 660. The van der Waals surface area contributed by atoms with Gasteiger partial charge in [-0.1, -0.05) is 37.3 Å². The minimum Gasteiger partial charge on any atom is -0.299 e. The average molecular weight is 342 g/mol. The normalized spacial score (nSPS) is 19.2. The van der Waals surface area contributed by atoms with Gasteiger partial charge in [0.2, 0.25) is 0 Å². The molecule has 0 radical (unpaired) electrons. The van der Waals surface area contributed by atoms with Crippen LogP contribution in [0.25, 0.3) is 0 Å². The van der Waals surface area contributed by atoms with Gasteiger partial charge in [-0.15, -0.1) is 5.10 Å². The fourth-order valence-corrected chi connectivity index (χ4v) is 3.78. The molecule has 0 aliphatic carbocycles. The third-order valence-corrected chi connectivity index (χ3v) is 5.63. The molecule has 1 aromatic carbocycles. The van der Waals surface area contributed by atoms with Gasteiger partial charge in [-0.25, -0.2) is 4.68 Å². The van der Waals surface area contributed by atoms with E-state index >= 15 is 0 Å². The van der Waals surface area contributed by atoms with Gasteiger partial charge in [-0.05, 0) is 61.3 Å². The van der Waals surface area contributed by atoms with E-state index in [0.717, 1.165) is 18.9 Å². The molecule has 3 rings (SSSR count). The van der Waals surface area contributed by atoms with E-state index in [1.807, 2.05) is 7.05 Å². The van der Waals surface area contributed by atoms with Crippen molar-refractivity contribution < 1.29 is 0 Å². The van der Waals surface area contributed by atoms with Crippen LogP contribution in [0.3, 0.4) is 0 Å². The number of hydrogen-bond donors (Lipinski definition) is 0. The highest BCUT2D eigenvalue weighted by Crippen LogP contribution is 2.34. The zero-order valence-corrected chi connectivity index (χ0v) is 15.9. The Morgan fingerprint density at radius 3 is 2.48 bits per heavy atom. The van der Waals surface area contributed by atoms with E-state index in [4.69, 9.17) is 0 Å². The summed E-state index contributed by atoms with van der Waals surface area (Å²) in [5.41, 5.74) is 1.76. The monoisotopic (exact) mass is 342 g/mol. The highest BCUT2D eigenvalue weighted by atomic mass is 15.5. The lowest BCUT2D eigenvalue weighted by Gasteiger charge is -2.42. The maximum atomic E-state index is 4.16. The van der Waals surface area contributed by atoms with Gasteiger partial charge < -0.3 is 0 Å². The second-order valence-corrected chi connectivity index (χ2v) is 7.82. The summed E-state index contributed by atoms with van der Waals surface area (Å²) in [5.74, 6) is 0.924. The first-order valence-electron chi connectivity index (χ1n) is 9.16. The van der Waals surface area contributed by atoms with Crippen LogP contribution < -0.4 is 0 Å². The van der Waals surface area contributed by atoms with E-state index < -0.39 is 0 Å². The Kier molecular flexibility index (Phi) is 5.49. The zero-order valence-electron chi connectivity index (χ0n) is 15.9. The summed E-state index contributed by atoms with van der Waals surface area (Å²) in [7, 11) is 4.09. The highest BCUT2D eigenvalue weighted by Gasteiger charge is 2.33. The second-order valence-electron chi connectivity index (χ2n) is 7.82. The number of aromatic nitrogens is 4. The van der Waals surface area contributed by atoms with Crippen molar-refractivity contribution in [3.8, 4) is 0 Å². The van der Waals surface area contributed by atoms with Crippen molar-refractivity contribution in [1.29, 1.82) is 0 Å². The van der Waals surface area contributed by atoms with Crippen molar-refractivity contribution in [3.05, 3.63) is 41.7 Å². The lowest BCUT2D eigenvalue weighted by molar-refractivity contribution is 0.0665. The summed E-state index contributed by atoms with van der Waals surface area (Å²) in [6.45, 7) is 9.07. The first-order valence-corrected chi connectivity index (χ1v) is 9.16. The van der Waals surface area contributed by atoms with Crippen LogP contribution in [0.1, 0.15) is 44.1 Å². The third-order valence-electron chi connectivity index (χ3n) is 5.63. The van der Waals surface area contributed by atoms with Crippen LogP contribution in [0.15, 0.2) is 30.3 Å². The van der Waals surface area contributed by atoms with Crippen molar-refractivity contribution in [1.82, 2.24) is 30.0 Å². The summed E-state index contributed by atoms with van der Waals surface area (Å²) in [5, 5.41) is 11.9. The number of benzene rings is 1. The molecule has 1 aliphatic heterocycles. The van der Waals surface area contributed by atoms with Crippen LogP contribution >= 0.6 is 0 Å². The van der Waals surface area contributed by atoms with E-state index in [9.17, 15) is 0 Å². The lowest BCUT2D eigenvalue weighted by Crippen LogP contribution is -2.44. The third kappa shape index (κ3) is 4.44. The van der Waals surface area contributed by atoms with Gasteiger partial charge in [0.15, 0.2) is 5.82 Å². The Hall–Kier alpha value is -1.79. The fourth-order valence-electron chi connectivity index (χ4n) is 3.78. The molecule has 0 bridgehead atoms. The maximum absolute atomic E-state index is 4.16. The van der Waals surface area contributed by atoms with E-state index in [-0.39, 0.29) is 6.04 Å². The Labute approximate surface area is 150 Å². The van der Waals surface area contributed by atoms with Crippen molar-refractivity contribution in [2.24, 2.45) is 12.5 Å². The molecule has 136 valence electrons.